The molecule has 1 aromatic heterocycles. The van der Waals surface area contributed by atoms with Crippen LogP contribution in [0.2, 0.25) is 0 Å². The summed E-state index contributed by atoms with van der Waals surface area (Å²) in [6.45, 7) is 5.12. The molecule has 0 aliphatic carbocycles. The molecular formula is C23H24FN3O6. The zero-order chi connectivity index (χ0) is 24.0. The minimum absolute atomic E-state index is 0.0182. The molecule has 0 radical (unpaired) electrons. The molecule has 3 rings (SSSR count). The third-order valence-corrected chi connectivity index (χ3v) is 4.18. The number of nitrogens with zero attached hydrogens (tertiary/aromatic N) is 2. The molecule has 0 aliphatic rings. The number of alkyl carbamates (subject to hydrolysis) is 1. The smallest absolute Gasteiger partial charge is 0.407 e. The van der Waals surface area contributed by atoms with Gasteiger partial charge in [0, 0.05) is 12.0 Å². The van der Waals surface area contributed by atoms with Gasteiger partial charge in [-0.1, -0.05) is 0 Å². The molecule has 2 N–H and O–H groups in total. The Morgan fingerprint density at radius 1 is 1.06 bits per heavy atom. The van der Waals surface area contributed by atoms with Crippen molar-refractivity contribution in [3.05, 3.63) is 60.2 Å². The number of carboxylic acid groups (broad SMARTS) is 1. The standard InChI is InChI=1S/C23H24FN3O6/c1-23(2,3)33-22(30)25-16(13-20(28)29)12-19-26-27-21(32-19)14-4-8-17(9-5-14)31-18-10-6-15(24)7-11-18/h4-11,16H,12-13H2,1-3H3,(H,25,30)(H,28,29). The van der Waals surface area contributed by atoms with Gasteiger partial charge >= 0.3 is 12.1 Å². The summed E-state index contributed by atoms with van der Waals surface area (Å²) in [5.74, 6) is -0.0210. The molecule has 3 aromatic rings. The van der Waals surface area contributed by atoms with Crippen molar-refractivity contribution >= 4 is 12.1 Å². The van der Waals surface area contributed by atoms with Crippen LogP contribution in [0.3, 0.4) is 0 Å². The Hall–Kier alpha value is -3.95. The summed E-state index contributed by atoms with van der Waals surface area (Å²) in [4.78, 5) is 23.2. The van der Waals surface area contributed by atoms with E-state index in [1.165, 1.54) is 24.3 Å². The number of aromatic nitrogens is 2. The minimum Gasteiger partial charge on any atom is -0.481 e. The monoisotopic (exact) mass is 457 g/mol. The highest BCUT2D eigenvalue weighted by Crippen LogP contribution is 2.25. The van der Waals surface area contributed by atoms with Gasteiger partial charge in [0.05, 0.1) is 12.5 Å². The predicted octanol–water partition coefficient (Wildman–Crippen LogP) is 4.58. The fourth-order valence-electron chi connectivity index (χ4n) is 2.83. The summed E-state index contributed by atoms with van der Waals surface area (Å²) in [5.41, 5.74) is -0.0997. The molecule has 1 amide bonds. The van der Waals surface area contributed by atoms with Crippen molar-refractivity contribution in [2.45, 2.75) is 45.3 Å². The number of carbonyl (C=O) groups excluding carboxylic acids is 1. The SMILES string of the molecule is CC(C)(C)OC(=O)NC(CC(=O)O)Cc1nnc(-c2ccc(Oc3ccc(F)cc3)cc2)o1. The number of ether oxygens (including phenoxy) is 2. The molecule has 174 valence electrons. The molecule has 10 heteroatoms. The molecule has 1 atom stereocenters. The van der Waals surface area contributed by atoms with E-state index in [1.807, 2.05) is 0 Å². The molecule has 2 aromatic carbocycles. The number of rotatable bonds is 8. The summed E-state index contributed by atoms with van der Waals surface area (Å²) in [5, 5.41) is 19.6. The van der Waals surface area contributed by atoms with Gasteiger partial charge in [0.15, 0.2) is 0 Å². The lowest BCUT2D eigenvalue weighted by atomic mass is 10.1. The molecule has 0 bridgehead atoms. The molecule has 0 saturated carbocycles. The summed E-state index contributed by atoms with van der Waals surface area (Å²) >= 11 is 0. The number of amides is 1. The van der Waals surface area contributed by atoms with E-state index in [2.05, 4.69) is 15.5 Å². The number of hydrogen-bond acceptors (Lipinski definition) is 7. The maximum Gasteiger partial charge on any atom is 0.407 e. The first-order chi connectivity index (χ1) is 15.6. The first kappa shape index (κ1) is 23.7. The van der Waals surface area contributed by atoms with Crippen molar-refractivity contribution in [2.75, 3.05) is 0 Å². The highest BCUT2D eigenvalue weighted by Gasteiger charge is 2.23. The van der Waals surface area contributed by atoms with E-state index in [1.54, 1.807) is 45.0 Å². The number of hydrogen-bond donors (Lipinski definition) is 2. The van der Waals surface area contributed by atoms with E-state index in [0.717, 1.165) is 0 Å². The zero-order valence-electron chi connectivity index (χ0n) is 18.4. The first-order valence-electron chi connectivity index (χ1n) is 10.1. The molecular weight excluding hydrogens is 433 g/mol. The van der Waals surface area contributed by atoms with Crippen LogP contribution in [0, 0.1) is 5.82 Å². The number of aliphatic carboxylic acids is 1. The van der Waals surface area contributed by atoms with E-state index in [4.69, 9.17) is 19.0 Å². The third kappa shape index (κ3) is 7.60. The normalized spacial score (nSPS) is 12.1. The van der Waals surface area contributed by atoms with Crippen LogP contribution < -0.4 is 10.1 Å². The quantitative estimate of drug-likeness (QED) is 0.504. The van der Waals surface area contributed by atoms with Gasteiger partial charge in [0.25, 0.3) is 0 Å². The van der Waals surface area contributed by atoms with Gasteiger partial charge in [0.1, 0.15) is 22.9 Å². The van der Waals surface area contributed by atoms with E-state index in [9.17, 15) is 14.0 Å². The Morgan fingerprint density at radius 2 is 1.67 bits per heavy atom. The molecule has 1 heterocycles. The minimum atomic E-state index is -1.09. The predicted molar refractivity (Wildman–Crippen MR) is 115 cm³/mol. The van der Waals surface area contributed by atoms with Gasteiger partial charge in [-0.25, -0.2) is 9.18 Å². The van der Waals surface area contributed by atoms with Gasteiger partial charge in [0.2, 0.25) is 11.8 Å². The van der Waals surface area contributed by atoms with Crippen molar-refractivity contribution in [1.82, 2.24) is 15.5 Å². The molecule has 0 aliphatic heterocycles. The lowest BCUT2D eigenvalue weighted by Crippen LogP contribution is -2.41. The molecule has 0 saturated heterocycles. The molecule has 0 spiro atoms. The summed E-state index contributed by atoms with van der Waals surface area (Å²) in [6.07, 6.45) is -1.05. The molecule has 33 heavy (non-hydrogen) atoms. The molecule has 0 fully saturated rings. The van der Waals surface area contributed by atoms with Crippen LogP contribution in [0.25, 0.3) is 11.5 Å². The van der Waals surface area contributed by atoms with Crippen LogP contribution in [0.1, 0.15) is 33.1 Å². The van der Waals surface area contributed by atoms with Crippen molar-refractivity contribution < 1.29 is 33.0 Å². The zero-order valence-corrected chi connectivity index (χ0v) is 18.4. The maximum absolute atomic E-state index is 13.0. The van der Waals surface area contributed by atoms with Crippen molar-refractivity contribution in [1.29, 1.82) is 0 Å². The fraction of sp³-hybridized carbons (Fsp3) is 0.304. The van der Waals surface area contributed by atoms with E-state index < -0.39 is 23.7 Å². The number of nitrogens with one attached hydrogen (secondary N) is 1. The molecule has 9 nitrogen and oxygen atoms in total. The summed E-state index contributed by atoms with van der Waals surface area (Å²) in [6, 6.07) is 11.7. The second-order valence-electron chi connectivity index (χ2n) is 8.23. The fourth-order valence-corrected chi connectivity index (χ4v) is 2.83. The highest BCUT2D eigenvalue weighted by atomic mass is 19.1. The average Bonchev–Trinajstić information content (AvgIpc) is 3.16. The Kier molecular flexibility index (Phi) is 7.27. The lowest BCUT2D eigenvalue weighted by Gasteiger charge is -2.22. The summed E-state index contributed by atoms with van der Waals surface area (Å²) in [7, 11) is 0. The van der Waals surface area contributed by atoms with E-state index in [0.29, 0.717) is 17.1 Å². The van der Waals surface area contributed by atoms with Crippen LogP contribution in [0.4, 0.5) is 9.18 Å². The Balaban J connectivity index is 1.65. The van der Waals surface area contributed by atoms with Crippen LogP contribution in [-0.2, 0) is 16.0 Å². The number of carboxylic acids is 1. The Labute approximate surface area is 189 Å². The van der Waals surface area contributed by atoms with E-state index >= 15 is 0 Å². The maximum atomic E-state index is 13.0. The second-order valence-corrected chi connectivity index (χ2v) is 8.23. The van der Waals surface area contributed by atoms with Gasteiger partial charge in [-0.3, -0.25) is 4.79 Å². The van der Waals surface area contributed by atoms with Crippen molar-refractivity contribution in [2.24, 2.45) is 0 Å². The highest BCUT2D eigenvalue weighted by molar-refractivity contribution is 5.71. The van der Waals surface area contributed by atoms with Crippen LogP contribution in [0.15, 0.2) is 52.9 Å². The topological polar surface area (TPSA) is 124 Å². The van der Waals surface area contributed by atoms with Crippen LogP contribution in [-0.4, -0.2) is 39.0 Å². The lowest BCUT2D eigenvalue weighted by molar-refractivity contribution is -0.137. The van der Waals surface area contributed by atoms with Crippen LogP contribution >= 0.6 is 0 Å². The molecule has 1 unspecified atom stereocenters. The number of carbonyl (C=O) groups is 2. The van der Waals surface area contributed by atoms with Gasteiger partial charge in [-0.15, -0.1) is 10.2 Å². The second kappa shape index (κ2) is 10.1. The van der Waals surface area contributed by atoms with Gasteiger partial charge in [-0.05, 0) is 69.3 Å². The van der Waals surface area contributed by atoms with Gasteiger partial charge in [-0.2, -0.15) is 0 Å². The van der Waals surface area contributed by atoms with Crippen molar-refractivity contribution in [3.63, 3.8) is 0 Å². The first-order valence-corrected chi connectivity index (χ1v) is 10.1. The van der Waals surface area contributed by atoms with Gasteiger partial charge < -0.3 is 24.3 Å². The van der Waals surface area contributed by atoms with Crippen LogP contribution in [0.5, 0.6) is 11.5 Å². The van der Waals surface area contributed by atoms with E-state index in [-0.39, 0.29) is 30.4 Å². The van der Waals surface area contributed by atoms with Crippen molar-refractivity contribution in [3.8, 4) is 23.0 Å². The largest absolute Gasteiger partial charge is 0.481 e. The third-order valence-electron chi connectivity index (χ3n) is 4.18. The Bertz CT molecular complexity index is 1090. The summed E-state index contributed by atoms with van der Waals surface area (Å²) < 4.78 is 29.5. The number of halogens is 1. The number of benzene rings is 2. The Morgan fingerprint density at radius 3 is 2.24 bits per heavy atom. The average molecular weight is 457 g/mol.